The van der Waals surface area contributed by atoms with E-state index in [1.807, 2.05) is 48.5 Å². The molecular formula is C24H22N2O4S. The average Bonchev–Trinajstić information content (AvgIpc) is 3.22. The van der Waals surface area contributed by atoms with E-state index in [-0.39, 0.29) is 18.3 Å². The molecule has 0 aromatic heterocycles. The number of carbonyl (C=O) groups is 3. The van der Waals surface area contributed by atoms with Crippen LogP contribution in [0.1, 0.15) is 12.8 Å². The number of para-hydroxylation sites is 2. The molecule has 3 aromatic carbocycles. The Kier molecular flexibility index (Phi) is 6.52. The summed E-state index contributed by atoms with van der Waals surface area (Å²) in [5.41, 5.74) is 1.20. The SMILES string of the molecule is O=C(COC(=O)CSc1ccc2ccccc2c1)Nc1ccccc1N1CCCC1=O. The van der Waals surface area contributed by atoms with Crippen molar-refractivity contribution in [2.45, 2.75) is 17.7 Å². The summed E-state index contributed by atoms with van der Waals surface area (Å²) < 4.78 is 5.12. The molecule has 0 aliphatic carbocycles. The number of ether oxygens (including phenoxy) is 1. The van der Waals surface area contributed by atoms with Gasteiger partial charge in [-0.2, -0.15) is 0 Å². The van der Waals surface area contributed by atoms with E-state index >= 15 is 0 Å². The maximum atomic E-state index is 12.3. The van der Waals surface area contributed by atoms with Crippen molar-refractivity contribution < 1.29 is 19.1 Å². The summed E-state index contributed by atoms with van der Waals surface area (Å²) in [6.45, 7) is 0.256. The minimum atomic E-state index is -0.462. The third kappa shape index (κ3) is 5.24. The Labute approximate surface area is 184 Å². The Morgan fingerprint density at radius 1 is 1.00 bits per heavy atom. The fraction of sp³-hybridized carbons (Fsp3) is 0.208. The monoisotopic (exact) mass is 434 g/mol. The molecule has 1 saturated heterocycles. The Morgan fingerprint density at radius 2 is 1.77 bits per heavy atom. The number of thioether (sulfide) groups is 1. The van der Waals surface area contributed by atoms with Crippen molar-refractivity contribution in [2.75, 3.05) is 29.1 Å². The van der Waals surface area contributed by atoms with Crippen molar-refractivity contribution >= 4 is 51.7 Å². The quantitative estimate of drug-likeness (QED) is 0.445. The van der Waals surface area contributed by atoms with Crippen molar-refractivity contribution in [2.24, 2.45) is 0 Å². The first kappa shape index (κ1) is 20.9. The molecule has 0 spiro atoms. The molecule has 0 radical (unpaired) electrons. The second-order valence-electron chi connectivity index (χ2n) is 7.17. The molecule has 1 aliphatic rings. The number of nitrogens with one attached hydrogen (secondary N) is 1. The second-order valence-corrected chi connectivity index (χ2v) is 8.22. The minimum Gasteiger partial charge on any atom is -0.455 e. The van der Waals surface area contributed by atoms with Crippen LogP contribution in [0.2, 0.25) is 0 Å². The van der Waals surface area contributed by atoms with Crippen molar-refractivity contribution in [3.05, 3.63) is 66.7 Å². The van der Waals surface area contributed by atoms with E-state index in [1.54, 1.807) is 23.1 Å². The van der Waals surface area contributed by atoms with Crippen LogP contribution >= 0.6 is 11.8 Å². The lowest BCUT2D eigenvalue weighted by Crippen LogP contribution is -2.27. The van der Waals surface area contributed by atoms with Crippen molar-refractivity contribution in [1.82, 2.24) is 0 Å². The number of hydrogen-bond donors (Lipinski definition) is 1. The zero-order valence-electron chi connectivity index (χ0n) is 16.9. The van der Waals surface area contributed by atoms with Crippen molar-refractivity contribution in [1.29, 1.82) is 0 Å². The number of benzene rings is 3. The first-order valence-electron chi connectivity index (χ1n) is 10.1. The number of fused-ring (bicyclic) bond motifs is 1. The Bertz CT molecular complexity index is 1130. The number of carbonyl (C=O) groups excluding carboxylic acids is 3. The van der Waals surface area contributed by atoms with Crippen LogP contribution in [0.5, 0.6) is 0 Å². The van der Waals surface area contributed by atoms with Gasteiger partial charge in [0.1, 0.15) is 0 Å². The van der Waals surface area contributed by atoms with Gasteiger partial charge in [0, 0.05) is 17.9 Å². The highest BCUT2D eigenvalue weighted by Gasteiger charge is 2.24. The summed E-state index contributed by atoms with van der Waals surface area (Å²) in [6.07, 6.45) is 1.31. The minimum absolute atomic E-state index is 0.0406. The normalized spacial score (nSPS) is 13.4. The smallest absolute Gasteiger partial charge is 0.316 e. The van der Waals surface area contributed by atoms with Crippen molar-refractivity contribution in [3.63, 3.8) is 0 Å². The molecule has 0 saturated carbocycles. The molecule has 3 aromatic rings. The maximum absolute atomic E-state index is 12.3. The van der Waals surface area contributed by atoms with Gasteiger partial charge < -0.3 is 15.0 Å². The van der Waals surface area contributed by atoms with Gasteiger partial charge in [-0.3, -0.25) is 14.4 Å². The highest BCUT2D eigenvalue weighted by Crippen LogP contribution is 2.29. The number of amides is 2. The van der Waals surface area contributed by atoms with Gasteiger partial charge in [-0.15, -0.1) is 11.8 Å². The summed E-state index contributed by atoms with van der Waals surface area (Å²) in [4.78, 5) is 39.0. The van der Waals surface area contributed by atoms with Crippen LogP contribution in [0.25, 0.3) is 10.8 Å². The molecule has 0 unspecified atom stereocenters. The second kappa shape index (κ2) is 9.66. The summed E-state index contributed by atoms with van der Waals surface area (Å²) >= 11 is 1.37. The standard InChI is InChI=1S/C24H22N2O4S/c27-22(25-20-8-3-4-9-21(20)26-13-5-10-23(26)28)15-30-24(29)16-31-19-12-11-17-6-1-2-7-18(17)14-19/h1-4,6-9,11-12,14H,5,10,13,15-16H2,(H,25,27). The molecule has 1 N–H and O–H groups in total. The molecule has 1 fully saturated rings. The summed E-state index contributed by atoms with van der Waals surface area (Å²) in [5, 5.41) is 4.99. The van der Waals surface area contributed by atoms with Gasteiger partial charge in [0.05, 0.1) is 17.1 Å². The zero-order chi connectivity index (χ0) is 21.6. The summed E-state index contributed by atoms with van der Waals surface area (Å²) in [5.74, 6) is -0.747. The predicted octanol–water partition coefficient (Wildman–Crippen LogP) is 4.24. The molecule has 158 valence electrons. The lowest BCUT2D eigenvalue weighted by molar-refractivity contribution is -0.144. The molecule has 6 nitrogen and oxygen atoms in total. The fourth-order valence-electron chi connectivity index (χ4n) is 3.49. The molecule has 2 amide bonds. The van der Waals surface area contributed by atoms with Crippen LogP contribution in [0.15, 0.2) is 71.6 Å². The van der Waals surface area contributed by atoms with Crippen LogP contribution in [0, 0.1) is 0 Å². The lowest BCUT2D eigenvalue weighted by atomic mass is 10.1. The molecular weight excluding hydrogens is 412 g/mol. The lowest BCUT2D eigenvalue weighted by Gasteiger charge is -2.19. The summed E-state index contributed by atoms with van der Waals surface area (Å²) in [6, 6.07) is 21.2. The largest absolute Gasteiger partial charge is 0.455 e. The van der Waals surface area contributed by atoms with Crippen molar-refractivity contribution in [3.8, 4) is 0 Å². The maximum Gasteiger partial charge on any atom is 0.316 e. The highest BCUT2D eigenvalue weighted by atomic mass is 32.2. The Morgan fingerprint density at radius 3 is 2.58 bits per heavy atom. The molecule has 7 heteroatoms. The van der Waals surface area contributed by atoms with E-state index in [0.29, 0.717) is 24.3 Å². The molecule has 0 atom stereocenters. The van der Waals surface area contributed by atoms with E-state index in [4.69, 9.17) is 4.74 Å². The van der Waals surface area contributed by atoms with Gasteiger partial charge >= 0.3 is 5.97 Å². The molecule has 31 heavy (non-hydrogen) atoms. The topological polar surface area (TPSA) is 75.7 Å². The Balaban J connectivity index is 1.28. The zero-order valence-corrected chi connectivity index (χ0v) is 17.7. The molecule has 0 bridgehead atoms. The molecule has 1 heterocycles. The van der Waals surface area contributed by atoms with E-state index in [1.165, 1.54) is 11.8 Å². The number of rotatable bonds is 7. The third-order valence-electron chi connectivity index (χ3n) is 4.98. The van der Waals surface area contributed by atoms with Crippen LogP contribution in [0.3, 0.4) is 0 Å². The van der Waals surface area contributed by atoms with Gasteiger partial charge in [-0.1, -0.05) is 42.5 Å². The van der Waals surface area contributed by atoms with E-state index in [0.717, 1.165) is 22.1 Å². The molecule has 1 aliphatic heterocycles. The van der Waals surface area contributed by atoms with Gasteiger partial charge in [0.2, 0.25) is 5.91 Å². The number of anilines is 2. The van der Waals surface area contributed by atoms with Crippen LogP contribution in [-0.4, -0.2) is 36.7 Å². The average molecular weight is 435 g/mol. The van der Waals surface area contributed by atoms with E-state index in [2.05, 4.69) is 5.32 Å². The van der Waals surface area contributed by atoms with Crippen LogP contribution in [-0.2, 0) is 19.1 Å². The first-order valence-corrected chi connectivity index (χ1v) is 11.1. The fourth-order valence-corrected chi connectivity index (χ4v) is 4.23. The third-order valence-corrected chi connectivity index (χ3v) is 5.95. The number of esters is 1. The van der Waals surface area contributed by atoms with Crippen LogP contribution < -0.4 is 10.2 Å². The van der Waals surface area contributed by atoms with Gasteiger partial charge in [0.15, 0.2) is 6.61 Å². The number of nitrogens with zero attached hydrogens (tertiary/aromatic N) is 1. The van der Waals surface area contributed by atoms with Gasteiger partial charge in [-0.25, -0.2) is 0 Å². The summed E-state index contributed by atoms with van der Waals surface area (Å²) in [7, 11) is 0. The van der Waals surface area contributed by atoms with Crippen LogP contribution in [0.4, 0.5) is 11.4 Å². The first-order chi connectivity index (χ1) is 15.1. The van der Waals surface area contributed by atoms with E-state index in [9.17, 15) is 14.4 Å². The Hall–Kier alpha value is -3.32. The van der Waals surface area contributed by atoms with E-state index < -0.39 is 11.9 Å². The molecule has 4 rings (SSSR count). The predicted molar refractivity (Wildman–Crippen MR) is 122 cm³/mol. The number of hydrogen-bond acceptors (Lipinski definition) is 5. The highest BCUT2D eigenvalue weighted by molar-refractivity contribution is 8.00. The van der Waals surface area contributed by atoms with Gasteiger partial charge in [-0.05, 0) is 41.5 Å². The van der Waals surface area contributed by atoms with Gasteiger partial charge in [0.25, 0.3) is 5.91 Å².